The molecule has 30 heavy (non-hydrogen) atoms. The van der Waals surface area contributed by atoms with Gasteiger partial charge < -0.3 is 14.4 Å². The quantitative estimate of drug-likeness (QED) is 0.777. The molecule has 2 fully saturated rings. The Hall–Kier alpha value is -2.53. The number of nitrogens with zero attached hydrogens (tertiary/aromatic N) is 2. The van der Waals surface area contributed by atoms with E-state index in [1.54, 1.807) is 6.92 Å². The zero-order valence-corrected chi connectivity index (χ0v) is 17.7. The molecule has 158 valence electrons. The predicted octanol–water partition coefficient (Wildman–Crippen LogP) is 3.66. The van der Waals surface area contributed by atoms with Gasteiger partial charge in [0, 0.05) is 39.5 Å². The van der Waals surface area contributed by atoms with Crippen molar-refractivity contribution in [3.8, 4) is 11.5 Å². The number of hydrogen-bond acceptors (Lipinski definition) is 4. The Balaban J connectivity index is 1.17. The molecule has 5 rings (SSSR count). The van der Waals surface area contributed by atoms with Crippen molar-refractivity contribution >= 4 is 5.91 Å². The summed E-state index contributed by atoms with van der Waals surface area (Å²) in [5.41, 5.74) is 2.68. The molecule has 1 amide bonds. The van der Waals surface area contributed by atoms with E-state index in [1.807, 2.05) is 24.3 Å². The molecule has 2 atom stereocenters. The molecule has 2 saturated heterocycles. The maximum atomic E-state index is 12.0. The fraction of sp³-hybridized carbons (Fsp3) is 0.480. The fourth-order valence-corrected chi connectivity index (χ4v) is 5.40. The molecular formula is C25H30N2O3. The molecule has 3 heterocycles. The van der Waals surface area contributed by atoms with Crippen LogP contribution in [0, 0.1) is 0 Å². The third-order valence-corrected chi connectivity index (χ3v) is 6.85. The molecule has 0 radical (unpaired) electrons. The molecule has 3 aliphatic rings. The van der Waals surface area contributed by atoms with Crippen LogP contribution in [0.3, 0.4) is 0 Å². The van der Waals surface area contributed by atoms with E-state index in [0.29, 0.717) is 6.61 Å². The summed E-state index contributed by atoms with van der Waals surface area (Å²) in [7, 11) is 0. The van der Waals surface area contributed by atoms with Crippen LogP contribution in [-0.2, 0) is 17.8 Å². The van der Waals surface area contributed by atoms with E-state index in [0.717, 1.165) is 63.4 Å². The van der Waals surface area contributed by atoms with Gasteiger partial charge in [0.25, 0.3) is 0 Å². The smallest absolute Gasteiger partial charge is 0.219 e. The summed E-state index contributed by atoms with van der Waals surface area (Å²) in [6.45, 7) is 6.24. The third kappa shape index (κ3) is 3.79. The van der Waals surface area contributed by atoms with Crippen molar-refractivity contribution in [2.75, 3.05) is 26.2 Å². The minimum absolute atomic E-state index is 0.0455. The van der Waals surface area contributed by atoms with Gasteiger partial charge in [0.2, 0.25) is 5.91 Å². The highest BCUT2D eigenvalue weighted by atomic mass is 16.6. The van der Waals surface area contributed by atoms with E-state index in [9.17, 15) is 4.79 Å². The molecular weight excluding hydrogens is 376 g/mol. The highest BCUT2D eigenvalue weighted by Crippen LogP contribution is 2.38. The standard InChI is InChI=1S/C25H30N2O3/c1-19(28)27-13-4-11-25(27)12-14-26(18-25)16-21-9-7-20(8-10-21)15-22-17-29-23-5-2-3-6-24(23)30-22/h2-3,5-10,22H,4,11-18H2,1H3. The molecule has 0 saturated carbocycles. The van der Waals surface area contributed by atoms with Crippen molar-refractivity contribution in [1.82, 2.24) is 9.80 Å². The van der Waals surface area contributed by atoms with Gasteiger partial charge in [-0.3, -0.25) is 9.69 Å². The Morgan fingerprint density at radius 3 is 2.60 bits per heavy atom. The van der Waals surface area contributed by atoms with E-state index in [-0.39, 0.29) is 17.6 Å². The van der Waals surface area contributed by atoms with Crippen LogP contribution in [0.4, 0.5) is 0 Å². The first-order valence-corrected chi connectivity index (χ1v) is 11.1. The Morgan fingerprint density at radius 2 is 1.80 bits per heavy atom. The van der Waals surface area contributed by atoms with Crippen LogP contribution in [-0.4, -0.2) is 53.6 Å². The molecule has 5 heteroatoms. The number of fused-ring (bicyclic) bond motifs is 1. The SMILES string of the molecule is CC(=O)N1CCCC12CCN(Cc1ccc(CC3COc4ccccc4O3)cc1)C2. The lowest BCUT2D eigenvalue weighted by Gasteiger charge is -2.34. The molecule has 0 N–H and O–H groups in total. The predicted molar refractivity (Wildman–Crippen MR) is 116 cm³/mol. The Labute approximate surface area is 178 Å². The second-order valence-corrected chi connectivity index (χ2v) is 8.98. The summed E-state index contributed by atoms with van der Waals surface area (Å²) < 4.78 is 11.9. The normalized spacial score (nSPS) is 25.8. The van der Waals surface area contributed by atoms with E-state index in [1.165, 1.54) is 11.1 Å². The minimum Gasteiger partial charge on any atom is -0.486 e. The third-order valence-electron chi connectivity index (χ3n) is 6.85. The topological polar surface area (TPSA) is 42.0 Å². The van der Waals surface area contributed by atoms with Gasteiger partial charge in [-0.15, -0.1) is 0 Å². The molecule has 5 nitrogen and oxygen atoms in total. The van der Waals surface area contributed by atoms with Gasteiger partial charge >= 0.3 is 0 Å². The Kier molecular flexibility index (Phi) is 5.15. The summed E-state index contributed by atoms with van der Waals surface area (Å²) >= 11 is 0. The van der Waals surface area contributed by atoms with Crippen molar-refractivity contribution in [2.24, 2.45) is 0 Å². The van der Waals surface area contributed by atoms with Crippen LogP contribution in [0.5, 0.6) is 11.5 Å². The van der Waals surface area contributed by atoms with Crippen molar-refractivity contribution < 1.29 is 14.3 Å². The van der Waals surface area contributed by atoms with Crippen molar-refractivity contribution in [1.29, 1.82) is 0 Å². The maximum Gasteiger partial charge on any atom is 0.219 e. The summed E-state index contributed by atoms with van der Waals surface area (Å²) in [5.74, 6) is 1.90. The lowest BCUT2D eigenvalue weighted by Crippen LogP contribution is -2.48. The number of para-hydroxylation sites is 2. The average molecular weight is 407 g/mol. The molecule has 0 aromatic heterocycles. The lowest BCUT2D eigenvalue weighted by atomic mass is 9.95. The second-order valence-electron chi connectivity index (χ2n) is 8.98. The minimum atomic E-state index is 0.0455. The number of carbonyl (C=O) groups excluding carboxylic acids is 1. The van der Waals surface area contributed by atoms with Crippen molar-refractivity contribution in [3.63, 3.8) is 0 Å². The Bertz CT molecular complexity index is 913. The number of likely N-dealkylation sites (tertiary alicyclic amines) is 2. The fourth-order valence-electron chi connectivity index (χ4n) is 5.40. The number of hydrogen-bond donors (Lipinski definition) is 0. The van der Waals surface area contributed by atoms with Gasteiger partial charge in [-0.25, -0.2) is 0 Å². The zero-order chi connectivity index (χ0) is 20.6. The van der Waals surface area contributed by atoms with E-state index in [2.05, 4.69) is 34.1 Å². The van der Waals surface area contributed by atoms with Crippen LogP contribution < -0.4 is 9.47 Å². The van der Waals surface area contributed by atoms with Crippen molar-refractivity contribution in [3.05, 3.63) is 59.7 Å². The van der Waals surface area contributed by atoms with Gasteiger partial charge in [-0.05, 0) is 42.5 Å². The number of carbonyl (C=O) groups is 1. The zero-order valence-electron chi connectivity index (χ0n) is 17.7. The van der Waals surface area contributed by atoms with Crippen LogP contribution in [0.15, 0.2) is 48.5 Å². The maximum absolute atomic E-state index is 12.0. The molecule has 2 unspecified atom stereocenters. The largest absolute Gasteiger partial charge is 0.486 e. The highest BCUT2D eigenvalue weighted by molar-refractivity contribution is 5.74. The summed E-state index contributed by atoms with van der Waals surface area (Å²) in [5, 5.41) is 0. The first-order chi connectivity index (χ1) is 14.6. The van der Waals surface area contributed by atoms with E-state index in [4.69, 9.17) is 9.47 Å². The van der Waals surface area contributed by atoms with Gasteiger partial charge in [-0.1, -0.05) is 36.4 Å². The number of ether oxygens (including phenoxy) is 2. The summed E-state index contributed by atoms with van der Waals surface area (Å²) in [6, 6.07) is 16.7. The molecule has 0 aliphatic carbocycles. The average Bonchev–Trinajstić information content (AvgIpc) is 3.36. The van der Waals surface area contributed by atoms with Gasteiger partial charge in [0.1, 0.15) is 12.7 Å². The lowest BCUT2D eigenvalue weighted by molar-refractivity contribution is -0.132. The van der Waals surface area contributed by atoms with Crippen molar-refractivity contribution in [2.45, 2.75) is 50.8 Å². The van der Waals surface area contributed by atoms with Gasteiger partial charge in [0.05, 0.1) is 5.54 Å². The van der Waals surface area contributed by atoms with Gasteiger partial charge in [-0.2, -0.15) is 0 Å². The van der Waals surface area contributed by atoms with Crippen LogP contribution in [0.1, 0.15) is 37.3 Å². The molecule has 1 spiro atoms. The molecule has 2 aromatic rings. The summed E-state index contributed by atoms with van der Waals surface area (Å²) in [4.78, 5) is 16.7. The first-order valence-electron chi connectivity index (χ1n) is 11.1. The van der Waals surface area contributed by atoms with Crippen LogP contribution >= 0.6 is 0 Å². The van der Waals surface area contributed by atoms with Crippen LogP contribution in [0.25, 0.3) is 0 Å². The van der Waals surface area contributed by atoms with Gasteiger partial charge in [0.15, 0.2) is 11.5 Å². The number of rotatable bonds is 4. The molecule has 2 aromatic carbocycles. The highest BCUT2D eigenvalue weighted by Gasteiger charge is 2.46. The van der Waals surface area contributed by atoms with E-state index < -0.39 is 0 Å². The molecule has 3 aliphatic heterocycles. The Morgan fingerprint density at radius 1 is 1.03 bits per heavy atom. The summed E-state index contributed by atoms with van der Waals surface area (Å²) in [6.07, 6.45) is 4.28. The number of amides is 1. The van der Waals surface area contributed by atoms with E-state index >= 15 is 0 Å². The molecule has 0 bridgehead atoms. The van der Waals surface area contributed by atoms with Crippen LogP contribution in [0.2, 0.25) is 0 Å². The monoisotopic (exact) mass is 406 g/mol. The number of benzene rings is 2. The second kappa shape index (κ2) is 7.95. The first kappa shape index (κ1) is 19.4.